The number of nitrogens with two attached hydrogens (primary N) is 1. The second-order valence-corrected chi connectivity index (χ2v) is 7.90. The minimum atomic E-state index is -3.63. The Morgan fingerprint density at radius 2 is 2.00 bits per heavy atom. The maximum Gasteiger partial charge on any atom is 0.373 e. The monoisotopic (exact) mass is 491 g/mol. The summed E-state index contributed by atoms with van der Waals surface area (Å²) in [6.45, 7) is 0.449. The molecule has 2 aromatic heterocycles. The van der Waals surface area contributed by atoms with Crippen molar-refractivity contribution in [1.82, 2.24) is 19.5 Å². The van der Waals surface area contributed by atoms with E-state index in [0.717, 1.165) is 23.2 Å². The molecule has 1 saturated heterocycles. The number of rotatable bonds is 4. The molecule has 0 bridgehead atoms. The normalized spacial score (nSPS) is 18.5. The Morgan fingerprint density at radius 1 is 1.26 bits per heavy atom. The van der Waals surface area contributed by atoms with Crippen molar-refractivity contribution in [2.75, 3.05) is 25.0 Å². The highest BCUT2D eigenvalue weighted by Crippen LogP contribution is 2.33. The molecule has 3 heterocycles. The van der Waals surface area contributed by atoms with Crippen LogP contribution in [0.1, 0.15) is 5.82 Å². The molecular formula is C22H21F4N7O2. The van der Waals surface area contributed by atoms with Crippen molar-refractivity contribution in [2.45, 2.75) is 19.1 Å². The Labute approximate surface area is 196 Å². The molecule has 1 aromatic carbocycles. The summed E-state index contributed by atoms with van der Waals surface area (Å²) in [5, 5.41) is 0. The van der Waals surface area contributed by atoms with Crippen molar-refractivity contribution in [3.8, 4) is 11.3 Å². The van der Waals surface area contributed by atoms with E-state index in [2.05, 4.69) is 19.9 Å². The van der Waals surface area contributed by atoms with E-state index < -0.39 is 36.0 Å². The molecule has 13 heteroatoms. The van der Waals surface area contributed by atoms with Gasteiger partial charge in [0.1, 0.15) is 41.3 Å². The van der Waals surface area contributed by atoms with Crippen molar-refractivity contribution >= 4 is 23.2 Å². The van der Waals surface area contributed by atoms with Gasteiger partial charge in [-0.3, -0.25) is 14.4 Å². The van der Waals surface area contributed by atoms with E-state index in [-0.39, 0.29) is 46.2 Å². The molecule has 0 saturated carbocycles. The summed E-state index contributed by atoms with van der Waals surface area (Å²) in [4.78, 5) is 30.7. The molecule has 1 fully saturated rings. The average molecular weight is 491 g/mol. The lowest BCUT2D eigenvalue weighted by molar-refractivity contribution is -0.258. The average Bonchev–Trinajstić information content (AvgIpc) is 2.80. The Bertz CT molecular complexity index is 1420. The maximum absolute atomic E-state index is 14.7. The Hall–Kier alpha value is -3.87. The summed E-state index contributed by atoms with van der Waals surface area (Å²) in [5.74, 6) is -1.78. The standard InChI is InChI=1S/C22H21F4N7O2/c1-11-29-18-17(14-5-4-13(23)6-15(14)24)30-21(31-19(18)20(34)32(11)3)33-9-16(12(7-27)8-28-2)35-22(25,26)10-33/h4-8,16H,9-10,27H2,1-3H3/b12-7+,28-8?/t16-/m0/s1. The molecular weight excluding hydrogens is 470 g/mol. The number of benzene rings is 1. The maximum atomic E-state index is 14.7. The van der Waals surface area contributed by atoms with Gasteiger partial charge in [0.05, 0.1) is 6.54 Å². The van der Waals surface area contributed by atoms with Gasteiger partial charge in [0.15, 0.2) is 5.52 Å². The topological polar surface area (TPSA) is 112 Å². The quantitative estimate of drug-likeness (QED) is 0.440. The molecule has 35 heavy (non-hydrogen) atoms. The smallest absolute Gasteiger partial charge is 0.373 e. The lowest BCUT2D eigenvalue weighted by atomic mass is 10.1. The summed E-state index contributed by atoms with van der Waals surface area (Å²) in [6, 6.07) is 2.80. The largest absolute Gasteiger partial charge is 0.404 e. The number of fused-ring (bicyclic) bond motifs is 1. The fourth-order valence-corrected chi connectivity index (χ4v) is 3.73. The molecule has 0 amide bonds. The lowest BCUT2D eigenvalue weighted by Crippen LogP contribution is -2.53. The minimum absolute atomic E-state index is 0.0444. The minimum Gasteiger partial charge on any atom is -0.404 e. The van der Waals surface area contributed by atoms with Crippen LogP contribution >= 0.6 is 0 Å². The summed E-state index contributed by atoms with van der Waals surface area (Å²) >= 11 is 0. The molecule has 184 valence electrons. The molecule has 1 aliphatic rings. The number of ether oxygens (including phenoxy) is 1. The van der Waals surface area contributed by atoms with Gasteiger partial charge in [0.2, 0.25) is 5.95 Å². The molecule has 9 nitrogen and oxygen atoms in total. The van der Waals surface area contributed by atoms with Gasteiger partial charge in [0.25, 0.3) is 5.56 Å². The molecule has 0 unspecified atom stereocenters. The molecule has 2 N–H and O–H groups in total. The second kappa shape index (κ2) is 9.06. The van der Waals surface area contributed by atoms with Crippen molar-refractivity contribution in [1.29, 1.82) is 0 Å². The fourth-order valence-electron chi connectivity index (χ4n) is 3.73. The number of aromatic nitrogens is 4. The summed E-state index contributed by atoms with van der Waals surface area (Å²) in [7, 11) is 2.91. The molecule has 1 atom stereocenters. The van der Waals surface area contributed by atoms with Crippen LogP contribution < -0.4 is 16.2 Å². The highest BCUT2D eigenvalue weighted by atomic mass is 19.3. The van der Waals surface area contributed by atoms with Crippen LogP contribution in [0.2, 0.25) is 0 Å². The number of aryl methyl sites for hydroxylation is 1. The zero-order chi connectivity index (χ0) is 25.5. The number of morpholine rings is 1. The summed E-state index contributed by atoms with van der Waals surface area (Å²) in [6.07, 6.45) is -2.45. The van der Waals surface area contributed by atoms with E-state index >= 15 is 0 Å². The zero-order valence-corrected chi connectivity index (χ0v) is 19.0. The van der Waals surface area contributed by atoms with Gasteiger partial charge in [0, 0.05) is 43.7 Å². The first kappa shape index (κ1) is 24.3. The van der Waals surface area contributed by atoms with Crippen LogP contribution in [0.3, 0.4) is 0 Å². The summed E-state index contributed by atoms with van der Waals surface area (Å²) < 4.78 is 63.5. The van der Waals surface area contributed by atoms with Crippen molar-refractivity contribution in [3.05, 3.63) is 57.8 Å². The number of alkyl halides is 2. The van der Waals surface area contributed by atoms with Crippen molar-refractivity contribution < 1.29 is 22.3 Å². The van der Waals surface area contributed by atoms with Crippen molar-refractivity contribution in [3.63, 3.8) is 0 Å². The van der Waals surface area contributed by atoms with Gasteiger partial charge in [-0.05, 0) is 19.1 Å². The number of nitrogens with zero attached hydrogens (tertiary/aromatic N) is 6. The number of hydrogen-bond donors (Lipinski definition) is 1. The molecule has 3 aromatic rings. The first-order chi connectivity index (χ1) is 16.5. The number of aliphatic imine (C=N–C) groups is 1. The van der Waals surface area contributed by atoms with Gasteiger partial charge in [-0.15, -0.1) is 0 Å². The van der Waals surface area contributed by atoms with Gasteiger partial charge in [-0.1, -0.05) is 0 Å². The molecule has 0 aliphatic carbocycles. The Kier molecular flexibility index (Phi) is 6.28. The third-order valence-corrected chi connectivity index (χ3v) is 5.53. The number of anilines is 1. The number of halogens is 4. The first-order valence-corrected chi connectivity index (χ1v) is 10.4. The zero-order valence-electron chi connectivity index (χ0n) is 19.0. The Balaban J connectivity index is 1.95. The molecule has 0 spiro atoms. The van der Waals surface area contributed by atoms with Gasteiger partial charge in [-0.25, -0.2) is 23.7 Å². The van der Waals surface area contributed by atoms with Crippen LogP contribution in [0.4, 0.5) is 23.5 Å². The third kappa shape index (κ3) is 4.58. The van der Waals surface area contributed by atoms with Crippen LogP contribution in [-0.4, -0.2) is 58.1 Å². The van der Waals surface area contributed by atoms with Crippen LogP contribution in [0.5, 0.6) is 0 Å². The molecule has 1 aliphatic heterocycles. The number of hydrogen-bond acceptors (Lipinski definition) is 8. The van der Waals surface area contributed by atoms with Crippen LogP contribution in [0.15, 0.2) is 39.8 Å². The fraction of sp³-hybridized carbons (Fsp3) is 0.318. The van der Waals surface area contributed by atoms with Crippen LogP contribution in [0.25, 0.3) is 22.3 Å². The highest BCUT2D eigenvalue weighted by Gasteiger charge is 2.43. The van der Waals surface area contributed by atoms with Crippen LogP contribution in [-0.2, 0) is 11.8 Å². The lowest BCUT2D eigenvalue weighted by Gasteiger charge is -2.37. The van der Waals surface area contributed by atoms with Crippen molar-refractivity contribution in [2.24, 2.45) is 17.8 Å². The van der Waals surface area contributed by atoms with E-state index in [9.17, 15) is 22.4 Å². The van der Waals surface area contributed by atoms with E-state index in [1.807, 2.05) is 0 Å². The summed E-state index contributed by atoms with van der Waals surface area (Å²) in [5.41, 5.74) is 4.61. The Morgan fingerprint density at radius 3 is 2.66 bits per heavy atom. The second-order valence-electron chi connectivity index (χ2n) is 7.90. The van der Waals surface area contributed by atoms with Gasteiger partial charge in [-0.2, -0.15) is 8.78 Å². The van der Waals surface area contributed by atoms with Gasteiger partial charge >= 0.3 is 6.11 Å². The first-order valence-electron chi connectivity index (χ1n) is 10.4. The van der Waals surface area contributed by atoms with E-state index in [0.29, 0.717) is 6.07 Å². The predicted octanol–water partition coefficient (Wildman–Crippen LogP) is 2.32. The SMILES string of the molecule is CN=C/C(=C\N)[C@@H]1CN(c2nc(-c3ccc(F)cc3F)c3nc(C)n(C)c(=O)c3n2)CC(F)(F)O1. The van der Waals surface area contributed by atoms with Gasteiger partial charge < -0.3 is 15.4 Å². The van der Waals surface area contributed by atoms with E-state index in [4.69, 9.17) is 10.5 Å². The van der Waals surface area contributed by atoms with E-state index in [1.54, 1.807) is 6.92 Å². The van der Waals surface area contributed by atoms with Crippen LogP contribution in [0, 0.1) is 18.6 Å². The predicted molar refractivity (Wildman–Crippen MR) is 121 cm³/mol. The third-order valence-electron chi connectivity index (χ3n) is 5.53. The highest BCUT2D eigenvalue weighted by molar-refractivity contribution is 5.89. The molecule has 4 rings (SSSR count). The molecule has 0 radical (unpaired) electrons. The van der Waals surface area contributed by atoms with E-state index in [1.165, 1.54) is 24.9 Å².